The van der Waals surface area contributed by atoms with E-state index in [1.54, 1.807) is 66.7 Å². The van der Waals surface area contributed by atoms with Crippen LogP contribution in [0.15, 0.2) is 97.1 Å². The Balaban J connectivity index is 1.77. The molecule has 0 radical (unpaired) electrons. The minimum absolute atomic E-state index is 0.261. The lowest BCUT2D eigenvalue weighted by Crippen LogP contribution is -2.09. The van der Waals surface area contributed by atoms with Crippen LogP contribution < -0.4 is 9.05 Å². The Hall–Kier alpha value is -3.30. The Morgan fingerprint density at radius 1 is 0.704 bits per heavy atom. The molecule has 0 unspecified atom stereocenters. The van der Waals surface area contributed by atoms with Gasteiger partial charge in [0.2, 0.25) is 0 Å². The Bertz CT molecular complexity index is 895. The molecule has 0 aliphatic heterocycles. The molecule has 0 aromatic heterocycles. The van der Waals surface area contributed by atoms with Crippen LogP contribution in [0.4, 0.5) is 0 Å². The first kappa shape index (κ1) is 18.5. The number of benzene rings is 3. The van der Waals surface area contributed by atoms with E-state index in [0.29, 0.717) is 0 Å². The zero-order chi connectivity index (χ0) is 19.0. The summed E-state index contributed by atoms with van der Waals surface area (Å²) in [5.41, 5.74) is 0.803. The summed E-state index contributed by atoms with van der Waals surface area (Å²) < 4.78 is 28.9. The molecule has 27 heavy (non-hydrogen) atoms. The number of carbonyl (C=O) groups excluding carboxylic acids is 1. The van der Waals surface area contributed by atoms with Crippen molar-refractivity contribution < 1.29 is 22.9 Å². The van der Waals surface area contributed by atoms with E-state index in [1.165, 1.54) is 6.08 Å². The van der Waals surface area contributed by atoms with Crippen molar-refractivity contribution in [2.45, 2.75) is 0 Å². The molecule has 0 saturated carbocycles. The summed E-state index contributed by atoms with van der Waals surface area (Å²) in [5, 5.41) is 0. The van der Waals surface area contributed by atoms with Gasteiger partial charge in [0, 0.05) is 6.08 Å². The fourth-order valence-electron chi connectivity index (χ4n) is 2.15. The van der Waals surface area contributed by atoms with Crippen molar-refractivity contribution in [3.63, 3.8) is 0 Å². The van der Waals surface area contributed by atoms with E-state index < -0.39 is 13.8 Å². The molecule has 0 aliphatic carbocycles. The number of phosphoric acid groups is 1. The highest BCUT2D eigenvalue weighted by Crippen LogP contribution is 2.49. The van der Waals surface area contributed by atoms with Crippen molar-refractivity contribution in [3.8, 4) is 11.5 Å². The fraction of sp³-hybridized carbons (Fsp3) is 0. The molecule has 3 rings (SSSR count). The molecule has 3 aromatic rings. The highest BCUT2D eigenvalue weighted by Gasteiger charge is 2.34. The van der Waals surface area contributed by atoms with Gasteiger partial charge in [0.15, 0.2) is 0 Å². The van der Waals surface area contributed by atoms with E-state index in [1.807, 2.05) is 30.3 Å². The van der Waals surface area contributed by atoms with Crippen LogP contribution in [0.25, 0.3) is 6.08 Å². The maximum absolute atomic E-state index is 13.1. The predicted molar refractivity (Wildman–Crippen MR) is 103 cm³/mol. The van der Waals surface area contributed by atoms with Gasteiger partial charge in [-0.15, -0.1) is 0 Å². The van der Waals surface area contributed by atoms with E-state index in [0.717, 1.165) is 5.56 Å². The topological polar surface area (TPSA) is 61.8 Å². The second kappa shape index (κ2) is 8.88. The SMILES string of the molecule is O=C(C=Cc1ccccc1)OP(=O)(Oc1ccccc1)Oc1ccccc1. The number of hydrogen-bond acceptors (Lipinski definition) is 5. The standard InChI is InChI=1S/C21H17O5P/c22-21(17-16-18-10-4-1-5-11-18)26-27(23,24-19-12-6-2-7-13-19)25-20-14-8-3-9-15-20/h1-17H. The number of carbonyl (C=O) groups is 1. The lowest BCUT2D eigenvalue weighted by Gasteiger charge is -2.17. The van der Waals surface area contributed by atoms with Gasteiger partial charge in [-0.25, -0.2) is 4.79 Å². The highest BCUT2D eigenvalue weighted by atomic mass is 31.2. The smallest absolute Gasteiger partial charge is 0.386 e. The number of phosphoric ester groups is 1. The zero-order valence-corrected chi connectivity index (χ0v) is 15.2. The molecule has 0 saturated heterocycles. The van der Waals surface area contributed by atoms with E-state index in [2.05, 4.69) is 0 Å². The molecular weight excluding hydrogens is 363 g/mol. The van der Waals surface area contributed by atoms with Gasteiger partial charge in [0.25, 0.3) is 0 Å². The van der Waals surface area contributed by atoms with Gasteiger partial charge in [-0.2, -0.15) is 4.57 Å². The van der Waals surface area contributed by atoms with Crippen molar-refractivity contribution in [2.75, 3.05) is 0 Å². The molecule has 0 fully saturated rings. The summed E-state index contributed by atoms with van der Waals surface area (Å²) in [4.78, 5) is 12.2. The normalized spacial score (nSPS) is 11.1. The number of hydrogen-bond donors (Lipinski definition) is 0. The van der Waals surface area contributed by atoms with Crippen LogP contribution in [0.3, 0.4) is 0 Å². The minimum Gasteiger partial charge on any atom is -0.386 e. The Kier molecular flexibility index (Phi) is 6.08. The first-order valence-corrected chi connectivity index (χ1v) is 9.65. The third kappa shape index (κ3) is 5.87. The molecule has 0 bridgehead atoms. The van der Waals surface area contributed by atoms with Gasteiger partial charge >= 0.3 is 13.8 Å². The summed E-state index contributed by atoms with van der Waals surface area (Å²) in [6.07, 6.45) is 2.72. The predicted octanol–water partition coefficient (Wildman–Crippen LogP) is 5.51. The molecule has 0 atom stereocenters. The van der Waals surface area contributed by atoms with Crippen LogP contribution in [-0.4, -0.2) is 5.97 Å². The maximum Gasteiger partial charge on any atom is 0.649 e. The monoisotopic (exact) mass is 380 g/mol. The van der Waals surface area contributed by atoms with Crippen molar-refractivity contribution in [3.05, 3.63) is 103 Å². The van der Waals surface area contributed by atoms with E-state index in [-0.39, 0.29) is 11.5 Å². The summed E-state index contributed by atoms with van der Waals surface area (Å²) >= 11 is 0. The summed E-state index contributed by atoms with van der Waals surface area (Å²) in [6, 6.07) is 26.0. The van der Waals surface area contributed by atoms with Crippen molar-refractivity contribution >= 4 is 19.9 Å². The van der Waals surface area contributed by atoms with E-state index in [4.69, 9.17) is 13.6 Å². The molecule has 136 valence electrons. The molecule has 0 amide bonds. The van der Waals surface area contributed by atoms with E-state index >= 15 is 0 Å². The van der Waals surface area contributed by atoms with Crippen LogP contribution in [0, 0.1) is 0 Å². The molecule has 0 aliphatic rings. The van der Waals surface area contributed by atoms with Crippen LogP contribution in [0.2, 0.25) is 0 Å². The van der Waals surface area contributed by atoms with Crippen molar-refractivity contribution in [1.29, 1.82) is 0 Å². The third-order valence-corrected chi connectivity index (χ3v) is 4.61. The lowest BCUT2D eigenvalue weighted by atomic mass is 10.2. The van der Waals surface area contributed by atoms with Gasteiger partial charge < -0.3 is 13.6 Å². The molecule has 5 nitrogen and oxygen atoms in total. The summed E-state index contributed by atoms with van der Waals surface area (Å²) in [7, 11) is -4.24. The lowest BCUT2D eigenvalue weighted by molar-refractivity contribution is -0.129. The first-order chi connectivity index (χ1) is 13.1. The molecule has 6 heteroatoms. The van der Waals surface area contributed by atoms with Gasteiger partial charge in [0.1, 0.15) is 11.5 Å². The van der Waals surface area contributed by atoms with Crippen LogP contribution >= 0.6 is 7.82 Å². The van der Waals surface area contributed by atoms with Crippen LogP contribution in [-0.2, 0) is 13.9 Å². The minimum atomic E-state index is -4.24. The maximum atomic E-state index is 13.1. The van der Waals surface area contributed by atoms with Crippen molar-refractivity contribution in [2.24, 2.45) is 0 Å². The van der Waals surface area contributed by atoms with Gasteiger partial charge in [-0.3, -0.25) is 0 Å². The molecular formula is C21H17O5P. The van der Waals surface area contributed by atoms with Gasteiger partial charge in [-0.1, -0.05) is 66.7 Å². The fourth-order valence-corrected chi connectivity index (χ4v) is 3.30. The largest absolute Gasteiger partial charge is 0.649 e. The molecule has 0 N–H and O–H groups in total. The van der Waals surface area contributed by atoms with Gasteiger partial charge in [0.05, 0.1) is 0 Å². The average Bonchev–Trinajstić information content (AvgIpc) is 2.68. The summed E-state index contributed by atoms with van der Waals surface area (Å²) in [5.74, 6) is -0.317. The molecule has 0 heterocycles. The third-order valence-electron chi connectivity index (χ3n) is 3.33. The second-order valence-corrected chi connectivity index (χ2v) is 6.85. The number of rotatable bonds is 7. The highest BCUT2D eigenvalue weighted by molar-refractivity contribution is 7.50. The van der Waals surface area contributed by atoms with Crippen molar-refractivity contribution in [1.82, 2.24) is 0 Å². The quantitative estimate of drug-likeness (QED) is 0.400. The Morgan fingerprint density at radius 3 is 1.63 bits per heavy atom. The summed E-state index contributed by atoms with van der Waals surface area (Å²) in [6.45, 7) is 0. The Labute approximate surface area is 157 Å². The number of para-hydroxylation sites is 2. The molecule has 3 aromatic carbocycles. The first-order valence-electron chi connectivity index (χ1n) is 8.19. The average molecular weight is 380 g/mol. The van der Waals surface area contributed by atoms with Gasteiger partial charge in [-0.05, 0) is 35.9 Å². The van der Waals surface area contributed by atoms with Crippen LogP contribution in [0.1, 0.15) is 5.56 Å². The second-order valence-electron chi connectivity index (χ2n) is 5.41. The van der Waals surface area contributed by atoms with E-state index in [9.17, 15) is 9.36 Å². The van der Waals surface area contributed by atoms with Crippen LogP contribution in [0.5, 0.6) is 11.5 Å². The Morgan fingerprint density at radius 2 is 1.15 bits per heavy atom. The molecule has 0 spiro atoms. The zero-order valence-electron chi connectivity index (χ0n) is 14.3.